The average Bonchev–Trinajstić information content (AvgIpc) is 2.86. The van der Waals surface area contributed by atoms with Crippen molar-refractivity contribution in [1.29, 1.82) is 0 Å². The molecule has 1 N–H and O–H groups in total. The van der Waals surface area contributed by atoms with Crippen LogP contribution in [0.3, 0.4) is 0 Å². The van der Waals surface area contributed by atoms with Crippen LogP contribution in [0.2, 0.25) is 0 Å². The molecule has 0 fully saturated rings. The van der Waals surface area contributed by atoms with Crippen LogP contribution in [0.15, 0.2) is 17.5 Å². The van der Waals surface area contributed by atoms with E-state index in [1.165, 1.54) is 16.7 Å². The Balaban J connectivity index is 2.00. The van der Waals surface area contributed by atoms with Gasteiger partial charge in [-0.15, -0.1) is 11.3 Å². The number of nitrogens with one attached hydrogen (secondary N) is 1. The molecule has 0 unspecified atom stereocenters. The van der Waals surface area contributed by atoms with Crippen LogP contribution >= 0.6 is 11.3 Å². The minimum absolute atomic E-state index is 0.534. The molecule has 0 aliphatic rings. The standard InChI is InChI=1S/C16H22N2OS/c1-5-17-8-16-18-14(10-20-16)9-19-15-7-11(2)6-12(3)13(15)4/h6-7,10,17H,5,8-9H2,1-4H3. The Hall–Kier alpha value is -1.39. The summed E-state index contributed by atoms with van der Waals surface area (Å²) in [6.07, 6.45) is 0. The van der Waals surface area contributed by atoms with Crippen LogP contribution in [0.25, 0.3) is 0 Å². The van der Waals surface area contributed by atoms with Crippen molar-refractivity contribution in [2.24, 2.45) is 0 Å². The molecule has 3 nitrogen and oxygen atoms in total. The maximum absolute atomic E-state index is 5.93. The van der Waals surface area contributed by atoms with Gasteiger partial charge in [0.15, 0.2) is 0 Å². The van der Waals surface area contributed by atoms with Crippen molar-refractivity contribution in [3.63, 3.8) is 0 Å². The third kappa shape index (κ3) is 3.81. The van der Waals surface area contributed by atoms with Crippen LogP contribution in [0.1, 0.15) is 34.3 Å². The lowest BCUT2D eigenvalue weighted by Crippen LogP contribution is -2.11. The molecule has 0 bridgehead atoms. The Morgan fingerprint density at radius 3 is 2.80 bits per heavy atom. The van der Waals surface area contributed by atoms with Gasteiger partial charge in [0.05, 0.1) is 5.69 Å². The zero-order chi connectivity index (χ0) is 14.5. The van der Waals surface area contributed by atoms with E-state index in [9.17, 15) is 0 Å². The molecule has 1 aromatic heterocycles. The molecule has 4 heteroatoms. The molecule has 1 aromatic carbocycles. The van der Waals surface area contributed by atoms with Crippen LogP contribution in [0.4, 0.5) is 0 Å². The average molecular weight is 290 g/mol. The van der Waals surface area contributed by atoms with Crippen molar-refractivity contribution >= 4 is 11.3 Å². The molecule has 0 aliphatic carbocycles. The molecule has 0 radical (unpaired) electrons. The molecule has 0 amide bonds. The van der Waals surface area contributed by atoms with Crippen LogP contribution < -0.4 is 10.1 Å². The van der Waals surface area contributed by atoms with E-state index in [0.717, 1.165) is 29.5 Å². The van der Waals surface area contributed by atoms with Gasteiger partial charge in [-0.05, 0) is 50.1 Å². The molecule has 2 aromatic rings. The van der Waals surface area contributed by atoms with Crippen molar-refractivity contribution in [2.45, 2.75) is 40.8 Å². The van der Waals surface area contributed by atoms with E-state index in [-0.39, 0.29) is 0 Å². The van der Waals surface area contributed by atoms with Gasteiger partial charge in [0.25, 0.3) is 0 Å². The molecule has 0 atom stereocenters. The minimum atomic E-state index is 0.534. The third-order valence-electron chi connectivity index (χ3n) is 3.27. The lowest BCUT2D eigenvalue weighted by Gasteiger charge is -2.11. The van der Waals surface area contributed by atoms with Gasteiger partial charge in [0.1, 0.15) is 17.4 Å². The molecule has 0 saturated carbocycles. The fourth-order valence-corrected chi connectivity index (χ4v) is 2.78. The number of hydrogen-bond acceptors (Lipinski definition) is 4. The van der Waals surface area contributed by atoms with Gasteiger partial charge in [-0.3, -0.25) is 0 Å². The fourth-order valence-electron chi connectivity index (χ4n) is 2.03. The first-order valence-corrected chi connectivity index (χ1v) is 7.82. The van der Waals surface area contributed by atoms with E-state index >= 15 is 0 Å². The minimum Gasteiger partial charge on any atom is -0.487 e. The SMILES string of the molecule is CCNCc1nc(COc2cc(C)cc(C)c2C)cs1. The monoisotopic (exact) mass is 290 g/mol. The Labute approximate surface area is 125 Å². The molecule has 108 valence electrons. The molecule has 0 saturated heterocycles. The van der Waals surface area contributed by atoms with E-state index in [1.807, 2.05) is 0 Å². The lowest BCUT2D eigenvalue weighted by atomic mass is 10.1. The molecule has 2 rings (SSSR count). The first kappa shape index (κ1) is 15.0. The second kappa shape index (κ2) is 6.86. The second-order valence-corrected chi connectivity index (χ2v) is 5.95. The number of nitrogens with zero attached hydrogens (tertiary/aromatic N) is 1. The van der Waals surface area contributed by atoms with E-state index < -0.39 is 0 Å². The van der Waals surface area contributed by atoms with E-state index in [4.69, 9.17) is 4.74 Å². The highest BCUT2D eigenvalue weighted by atomic mass is 32.1. The molecule has 1 heterocycles. The van der Waals surface area contributed by atoms with Crippen molar-refractivity contribution < 1.29 is 4.74 Å². The maximum Gasteiger partial charge on any atom is 0.131 e. The highest BCUT2D eigenvalue weighted by Gasteiger charge is 2.06. The van der Waals surface area contributed by atoms with Gasteiger partial charge in [-0.2, -0.15) is 0 Å². The summed E-state index contributed by atoms with van der Waals surface area (Å²) >= 11 is 1.68. The first-order chi connectivity index (χ1) is 9.60. The zero-order valence-corrected chi connectivity index (χ0v) is 13.4. The quantitative estimate of drug-likeness (QED) is 0.879. The number of aromatic nitrogens is 1. The molecular weight excluding hydrogens is 268 g/mol. The first-order valence-electron chi connectivity index (χ1n) is 6.94. The number of hydrogen-bond donors (Lipinski definition) is 1. The van der Waals surface area contributed by atoms with E-state index in [2.05, 4.69) is 55.5 Å². The summed E-state index contributed by atoms with van der Waals surface area (Å²) in [7, 11) is 0. The number of benzene rings is 1. The van der Waals surface area contributed by atoms with Crippen LogP contribution in [-0.4, -0.2) is 11.5 Å². The number of thiazole rings is 1. The summed E-state index contributed by atoms with van der Waals surface area (Å²) in [5.74, 6) is 0.962. The van der Waals surface area contributed by atoms with Crippen LogP contribution in [-0.2, 0) is 13.2 Å². The highest BCUT2D eigenvalue weighted by molar-refractivity contribution is 7.09. The van der Waals surface area contributed by atoms with Crippen molar-refractivity contribution in [3.8, 4) is 5.75 Å². The highest BCUT2D eigenvalue weighted by Crippen LogP contribution is 2.24. The van der Waals surface area contributed by atoms with Gasteiger partial charge in [0.2, 0.25) is 0 Å². The summed E-state index contributed by atoms with van der Waals surface area (Å²) in [6.45, 7) is 10.7. The summed E-state index contributed by atoms with van der Waals surface area (Å²) in [6, 6.07) is 4.27. The lowest BCUT2D eigenvalue weighted by molar-refractivity contribution is 0.299. The van der Waals surface area contributed by atoms with Crippen molar-refractivity contribution in [3.05, 3.63) is 44.9 Å². The van der Waals surface area contributed by atoms with Gasteiger partial charge in [-0.25, -0.2) is 4.98 Å². The molecule has 20 heavy (non-hydrogen) atoms. The molecule has 0 aliphatic heterocycles. The normalized spacial score (nSPS) is 10.8. The largest absolute Gasteiger partial charge is 0.487 e. The summed E-state index contributed by atoms with van der Waals surface area (Å²) < 4.78 is 5.93. The Morgan fingerprint density at radius 1 is 1.25 bits per heavy atom. The molecule has 0 spiro atoms. The molecular formula is C16H22N2OS. The topological polar surface area (TPSA) is 34.2 Å². The van der Waals surface area contributed by atoms with Crippen LogP contribution in [0, 0.1) is 20.8 Å². The predicted molar refractivity (Wildman–Crippen MR) is 84.5 cm³/mol. The number of ether oxygens (including phenoxy) is 1. The third-order valence-corrected chi connectivity index (χ3v) is 4.16. The Bertz CT molecular complexity index is 578. The zero-order valence-electron chi connectivity index (χ0n) is 12.6. The summed E-state index contributed by atoms with van der Waals surface area (Å²) in [5, 5.41) is 6.47. The van der Waals surface area contributed by atoms with Gasteiger partial charge in [-0.1, -0.05) is 13.0 Å². The van der Waals surface area contributed by atoms with Crippen LogP contribution in [0.5, 0.6) is 5.75 Å². The predicted octanol–water partition coefficient (Wildman–Crippen LogP) is 3.76. The van der Waals surface area contributed by atoms with E-state index in [0.29, 0.717) is 6.61 Å². The smallest absolute Gasteiger partial charge is 0.131 e. The second-order valence-electron chi connectivity index (χ2n) is 5.01. The fraction of sp³-hybridized carbons (Fsp3) is 0.438. The van der Waals surface area contributed by atoms with Crippen molar-refractivity contribution in [2.75, 3.05) is 6.54 Å². The van der Waals surface area contributed by atoms with Gasteiger partial charge >= 0.3 is 0 Å². The summed E-state index contributed by atoms with van der Waals surface area (Å²) in [5.41, 5.74) is 4.71. The number of rotatable bonds is 6. The Morgan fingerprint density at radius 2 is 2.05 bits per heavy atom. The van der Waals surface area contributed by atoms with E-state index in [1.54, 1.807) is 11.3 Å². The maximum atomic E-state index is 5.93. The Kier molecular flexibility index (Phi) is 5.15. The summed E-state index contributed by atoms with van der Waals surface area (Å²) in [4.78, 5) is 4.57. The van der Waals surface area contributed by atoms with Crippen molar-refractivity contribution in [1.82, 2.24) is 10.3 Å². The number of aryl methyl sites for hydroxylation is 2. The van der Waals surface area contributed by atoms with Gasteiger partial charge in [0, 0.05) is 11.9 Å². The van der Waals surface area contributed by atoms with Gasteiger partial charge < -0.3 is 10.1 Å².